The molecule has 0 spiro atoms. The molecule has 0 amide bonds. The van der Waals surface area contributed by atoms with E-state index in [1.165, 1.54) is 12.1 Å². The minimum absolute atomic E-state index is 0.0406. The monoisotopic (exact) mass is 454 g/mol. The van der Waals surface area contributed by atoms with E-state index in [0.29, 0.717) is 29.0 Å². The van der Waals surface area contributed by atoms with Crippen molar-refractivity contribution in [3.8, 4) is 5.75 Å². The van der Waals surface area contributed by atoms with Crippen LogP contribution in [0.1, 0.15) is 70.8 Å². The predicted octanol–water partition coefficient (Wildman–Crippen LogP) is 4.64. The summed E-state index contributed by atoms with van der Waals surface area (Å²) in [5.41, 5.74) is 1.21. The maximum absolute atomic E-state index is 13.4. The van der Waals surface area contributed by atoms with Gasteiger partial charge in [-0.05, 0) is 49.7 Å². The summed E-state index contributed by atoms with van der Waals surface area (Å²) in [5.74, 6) is -2.42. The number of allylic oxidation sites excluding steroid dienone is 3. The van der Waals surface area contributed by atoms with Crippen LogP contribution in [0.15, 0.2) is 41.2 Å². The Kier molecular flexibility index (Phi) is 6.03. The highest BCUT2D eigenvalue weighted by Gasteiger charge is 2.47. The van der Waals surface area contributed by atoms with Gasteiger partial charge in [-0.1, -0.05) is 32.4 Å². The number of nitro benzene ring substituents is 1. The summed E-state index contributed by atoms with van der Waals surface area (Å²) in [6, 6.07) is 4.05. The summed E-state index contributed by atoms with van der Waals surface area (Å²) < 4.78 is 5.86. The van der Waals surface area contributed by atoms with Crippen LogP contribution in [-0.4, -0.2) is 27.9 Å². The molecule has 1 saturated carbocycles. The van der Waals surface area contributed by atoms with Crippen molar-refractivity contribution in [1.29, 1.82) is 0 Å². The number of ether oxygens (including phenoxy) is 1. The summed E-state index contributed by atoms with van der Waals surface area (Å²) in [6.07, 6.45) is 6.88. The Hall–Kier alpha value is -3.16. The number of carbonyl (C=O) groups is 2. The molecule has 1 fully saturated rings. The third kappa shape index (κ3) is 4.51. The van der Waals surface area contributed by atoms with E-state index >= 15 is 0 Å². The largest absolute Gasteiger partial charge is 0.502 e. The smallest absolute Gasteiger partial charge is 0.336 e. The molecule has 2 aliphatic carbocycles. The highest BCUT2D eigenvalue weighted by Crippen LogP contribution is 2.48. The molecule has 33 heavy (non-hydrogen) atoms. The van der Waals surface area contributed by atoms with Crippen molar-refractivity contribution in [1.82, 2.24) is 5.32 Å². The van der Waals surface area contributed by atoms with E-state index in [9.17, 15) is 24.8 Å². The molecule has 1 aromatic rings. The number of nitrogens with one attached hydrogen (secondary N) is 1. The number of aromatic hydroxyl groups is 1. The Bertz CT molecular complexity index is 1060. The van der Waals surface area contributed by atoms with Crippen LogP contribution < -0.4 is 5.32 Å². The van der Waals surface area contributed by atoms with Crippen LogP contribution in [0.2, 0.25) is 0 Å². The second-order valence-electron chi connectivity index (χ2n) is 10.0. The lowest BCUT2D eigenvalue weighted by Gasteiger charge is -2.41. The normalized spacial score (nSPS) is 25.1. The summed E-state index contributed by atoms with van der Waals surface area (Å²) in [6.45, 7) is 5.71. The number of Topliss-reactive ketones (excluding diaryl/α,β-unsaturated/α-hetero) is 1. The van der Waals surface area contributed by atoms with E-state index in [1.54, 1.807) is 13.0 Å². The fourth-order valence-corrected chi connectivity index (χ4v) is 5.37. The number of rotatable bonds is 4. The molecule has 8 heteroatoms. The zero-order valence-electron chi connectivity index (χ0n) is 19.2. The number of benzene rings is 1. The van der Waals surface area contributed by atoms with Gasteiger partial charge in [0.25, 0.3) is 0 Å². The van der Waals surface area contributed by atoms with Crippen LogP contribution in [0.4, 0.5) is 5.69 Å². The number of ketones is 1. The van der Waals surface area contributed by atoms with Gasteiger partial charge in [-0.3, -0.25) is 14.9 Å². The number of esters is 1. The van der Waals surface area contributed by atoms with Crippen molar-refractivity contribution < 1.29 is 24.4 Å². The molecule has 0 saturated heterocycles. The van der Waals surface area contributed by atoms with E-state index in [0.717, 1.165) is 32.1 Å². The van der Waals surface area contributed by atoms with Crippen LogP contribution >= 0.6 is 0 Å². The fraction of sp³-hybridized carbons (Fsp3) is 0.520. The van der Waals surface area contributed by atoms with Gasteiger partial charge in [0.2, 0.25) is 0 Å². The number of hydrogen-bond donors (Lipinski definition) is 2. The van der Waals surface area contributed by atoms with E-state index in [-0.39, 0.29) is 17.3 Å². The molecule has 2 atom stereocenters. The minimum atomic E-state index is -0.739. The minimum Gasteiger partial charge on any atom is -0.502 e. The van der Waals surface area contributed by atoms with E-state index < -0.39 is 34.2 Å². The maximum atomic E-state index is 13.4. The number of carbonyl (C=O) groups excluding carboxylic acids is 2. The molecule has 0 aromatic heterocycles. The van der Waals surface area contributed by atoms with Crippen LogP contribution in [0.5, 0.6) is 5.75 Å². The maximum Gasteiger partial charge on any atom is 0.336 e. The van der Waals surface area contributed by atoms with E-state index in [2.05, 4.69) is 5.32 Å². The fourth-order valence-electron chi connectivity index (χ4n) is 5.37. The highest BCUT2D eigenvalue weighted by molar-refractivity contribution is 5.96. The van der Waals surface area contributed by atoms with Crippen molar-refractivity contribution in [2.45, 2.75) is 71.3 Å². The molecule has 1 aromatic carbocycles. The van der Waals surface area contributed by atoms with Gasteiger partial charge in [0, 0.05) is 29.8 Å². The van der Waals surface area contributed by atoms with Crippen LogP contribution in [0.3, 0.4) is 0 Å². The van der Waals surface area contributed by atoms with Crippen molar-refractivity contribution >= 4 is 17.4 Å². The number of phenolic OH excluding ortho intramolecular Hbond substituents is 1. The number of hydrogen-bond acceptors (Lipinski definition) is 7. The number of nitro groups is 1. The molecule has 1 heterocycles. The second kappa shape index (κ2) is 8.65. The molecule has 2 unspecified atom stereocenters. The molecule has 2 N–H and O–H groups in total. The van der Waals surface area contributed by atoms with E-state index in [4.69, 9.17) is 4.74 Å². The first-order valence-corrected chi connectivity index (χ1v) is 11.5. The van der Waals surface area contributed by atoms with Gasteiger partial charge in [-0.15, -0.1) is 0 Å². The molecule has 3 aliphatic rings. The average molecular weight is 455 g/mol. The zero-order chi connectivity index (χ0) is 23.9. The summed E-state index contributed by atoms with van der Waals surface area (Å²) in [7, 11) is 0. The third-order valence-corrected chi connectivity index (χ3v) is 6.84. The molecular weight excluding hydrogens is 424 g/mol. The lowest BCUT2D eigenvalue weighted by atomic mass is 9.66. The second-order valence-corrected chi connectivity index (χ2v) is 10.0. The molecule has 0 radical (unpaired) electrons. The Morgan fingerprint density at radius 1 is 1.21 bits per heavy atom. The predicted molar refractivity (Wildman–Crippen MR) is 121 cm³/mol. The molecule has 176 valence electrons. The zero-order valence-corrected chi connectivity index (χ0v) is 19.2. The Balaban J connectivity index is 1.82. The average Bonchev–Trinajstić information content (AvgIpc) is 2.72. The topological polar surface area (TPSA) is 119 Å². The van der Waals surface area contributed by atoms with Gasteiger partial charge in [0.1, 0.15) is 11.9 Å². The number of fused-ring (bicyclic) bond motifs is 1. The Morgan fingerprint density at radius 3 is 2.58 bits per heavy atom. The Labute approximate surface area is 192 Å². The SMILES string of the molecule is CC1=C(C(=O)OC2CCCCC2)C(c2ccc(O)c([N+](=O)[O-])c2)C2C(=O)CC(C)(C)C=C2N1. The van der Waals surface area contributed by atoms with Crippen molar-refractivity contribution in [3.63, 3.8) is 0 Å². The standard InChI is InChI=1S/C25H30N2O6/c1-14-21(24(30)33-16-7-5-4-6-8-16)22(15-9-10-19(28)18(11-15)27(31)32)23-17(26-14)12-25(2,3)13-20(23)29/h9-12,16,22-23,26,28H,4-8,13H2,1-3H3. The Morgan fingerprint density at radius 2 is 1.91 bits per heavy atom. The lowest BCUT2D eigenvalue weighted by molar-refractivity contribution is -0.385. The first-order chi connectivity index (χ1) is 15.6. The van der Waals surface area contributed by atoms with Crippen molar-refractivity contribution in [2.75, 3.05) is 0 Å². The summed E-state index contributed by atoms with van der Waals surface area (Å²) in [5, 5.41) is 24.7. The van der Waals surface area contributed by atoms with Crippen molar-refractivity contribution in [3.05, 3.63) is 56.9 Å². The molecule has 4 rings (SSSR count). The summed E-state index contributed by atoms with van der Waals surface area (Å²) in [4.78, 5) is 37.6. The van der Waals surface area contributed by atoms with Gasteiger partial charge in [0.15, 0.2) is 5.75 Å². The number of phenols is 1. The van der Waals surface area contributed by atoms with Gasteiger partial charge in [-0.2, -0.15) is 0 Å². The molecular formula is C25H30N2O6. The van der Waals surface area contributed by atoms with Crippen LogP contribution in [0, 0.1) is 21.4 Å². The first kappa shape index (κ1) is 23.0. The molecule has 1 aliphatic heterocycles. The van der Waals surface area contributed by atoms with Crippen molar-refractivity contribution in [2.24, 2.45) is 11.3 Å². The van der Waals surface area contributed by atoms with Crippen LogP contribution in [-0.2, 0) is 14.3 Å². The molecule has 0 bridgehead atoms. The third-order valence-electron chi connectivity index (χ3n) is 6.84. The van der Waals surface area contributed by atoms with Gasteiger partial charge in [-0.25, -0.2) is 4.79 Å². The highest BCUT2D eigenvalue weighted by atomic mass is 16.6. The molecule has 8 nitrogen and oxygen atoms in total. The number of nitrogens with zero attached hydrogens (tertiary/aromatic N) is 1. The quantitative estimate of drug-likeness (QED) is 0.386. The van der Waals surface area contributed by atoms with Crippen LogP contribution in [0.25, 0.3) is 0 Å². The van der Waals surface area contributed by atoms with Gasteiger partial charge < -0.3 is 15.2 Å². The van der Waals surface area contributed by atoms with Gasteiger partial charge in [0.05, 0.1) is 16.4 Å². The lowest BCUT2D eigenvalue weighted by Crippen LogP contribution is -2.44. The summed E-state index contributed by atoms with van der Waals surface area (Å²) >= 11 is 0. The van der Waals surface area contributed by atoms with Gasteiger partial charge >= 0.3 is 11.7 Å². The van der Waals surface area contributed by atoms with E-state index in [1.807, 2.05) is 19.9 Å². The first-order valence-electron chi connectivity index (χ1n) is 11.5.